The van der Waals surface area contributed by atoms with Crippen molar-refractivity contribution in [3.63, 3.8) is 0 Å². The molecule has 0 bridgehead atoms. The van der Waals surface area contributed by atoms with E-state index in [2.05, 4.69) is 10.1 Å². The molecular formula is C16H13N7O. The van der Waals surface area contributed by atoms with E-state index in [1.807, 2.05) is 54.2 Å². The Morgan fingerprint density at radius 2 is 1.79 bits per heavy atom. The van der Waals surface area contributed by atoms with E-state index in [1.54, 1.807) is 6.07 Å². The van der Waals surface area contributed by atoms with Gasteiger partial charge in [-0.2, -0.15) is 10.5 Å². The van der Waals surface area contributed by atoms with Gasteiger partial charge in [0, 0.05) is 14.1 Å². The van der Waals surface area contributed by atoms with Crippen LogP contribution in [0.3, 0.4) is 0 Å². The Balaban J connectivity index is 1.96. The number of nitriles is 2. The van der Waals surface area contributed by atoms with Crippen LogP contribution in [-0.4, -0.2) is 34.6 Å². The molecule has 2 heterocycles. The lowest BCUT2D eigenvalue weighted by molar-refractivity contribution is -0.116. The summed E-state index contributed by atoms with van der Waals surface area (Å²) in [7, 11) is 3.62. The monoisotopic (exact) mass is 319 g/mol. The summed E-state index contributed by atoms with van der Waals surface area (Å²) < 4.78 is 1.25. The number of Topliss-reactive ketones (excluding diaryl/α,β-unsaturated/α-hetero) is 1. The predicted molar refractivity (Wildman–Crippen MR) is 85.6 cm³/mol. The minimum atomic E-state index is -0.395. The second-order valence-corrected chi connectivity index (χ2v) is 5.22. The number of rotatable bonds is 3. The van der Waals surface area contributed by atoms with Gasteiger partial charge in [0.2, 0.25) is 0 Å². The lowest BCUT2D eigenvalue weighted by Crippen LogP contribution is -2.27. The van der Waals surface area contributed by atoms with Gasteiger partial charge in [-0.25, -0.2) is 9.67 Å². The standard InChI is InChI=1S/C16H13N7O/c1-21-12-5-3-4-6-13(12)22(2)16(21)11(7-17)14(24)9-23-10-19-15(8-18)20-23/h3-6,10H,9H2,1-2H3. The molecule has 8 heteroatoms. The molecule has 0 saturated heterocycles. The molecule has 0 amide bonds. The van der Waals surface area contributed by atoms with Crippen molar-refractivity contribution in [3.05, 3.63) is 47.8 Å². The van der Waals surface area contributed by atoms with Crippen LogP contribution < -0.4 is 9.80 Å². The zero-order valence-corrected chi connectivity index (χ0v) is 13.1. The van der Waals surface area contributed by atoms with Crippen molar-refractivity contribution >= 4 is 17.2 Å². The number of carbonyl (C=O) groups is 1. The summed E-state index contributed by atoms with van der Waals surface area (Å²) in [6.45, 7) is -0.154. The quantitative estimate of drug-likeness (QED) is 0.615. The minimum Gasteiger partial charge on any atom is -0.328 e. The molecule has 1 aromatic carbocycles. The van der Waals surface area contributed by atoms with Gasteiger partial charge in [0.25, 0.3) is 5.82 Å². The highest BCUT2D eigenvalue weighted by atomic mass is 16.1. The van der Waals surface area contributed by atoms with Gasteiger partial charge in [-0.1, -0.05) is 12.1 Å². The number of nitrogens with zero attached hydrogens (tertiary/aromatic N) is 7. The maximum atomic E-state index is 12.6. The fourth-order valence-electron chi connectivity index (χ4n) is 2.71. The number of allylic oxidation sites excluding steroid dienone is 1. The average Bonchev–Trinajstić information content (AvgIpc) is 3.14. The molecule has 8 nitrogen and oxygen atoms in total. The first-order valence-electron chi connectivity index (χ1n) is 7.10. The summed E-state index contributed by atoms with van der Waals surface area (Å²) in [4.78, 5) is 19.9. The molecule has 24 heavy (non-hydrogen) atoms. The number of aromatic nitrogens is 3. The maximum Gasteiger partial charge on any atom is 0.252 e. The molecule has 2 aromatic rings. The Morgan fingerprint density at radius 3 is 2.29 bits per heavy atom. The molecule has 0 N–H and O–H groups in total. The van der Waals surface area contributed by atoms with Gasteiger partial charge in [0.1, 0.15) is 36.4 Å². The summed E-state index contributed by atoms with van der Waals surface area (Å²) >= 11 is 0. The van der Waals surface area contributed by atoms with Crippen LogP contribution >= 0.6 is 0 Å². The van der Waals surface area contributed by atoms with Crippen LogP contribution in [-0.2, 0) is 11.3 Å². The maximum absolute atomic E-state index is 12.6. The van der Waals surface area contributed by atoms with E-state index in [0.717, 1.165) is 11.4 Å². The molecule has 1 aromatic heterocycles. The molecule has 0 fully saturated rings. The summed E-state index contributed by atoms with van der Waals surface area (Å²) in [5.41, 5.74) is 1.87. The van der Waals surface area contributed by atoms with Crippen molar-refractivity contribution in [1.29, 1.82) is 10.5 Å². The second kappa shape index (κ2) is 5.86. The third-order valence-electron chi connectivity index (χ3n) is 3.80. The fourth-order valence-corrected chi connectivity index (χ4v) is 2.71. The van der Waals surface area contributed by atoms with Crippen LogP contribution in [0.4, 0.5) is 11.4 Å². The van der Waals surface area contributed by atoms with E-state index in [-0.39, 0.29) is 17.9 Å². The zero-order chi connectivity index (χ0) is 17.3. The molecule has 118 valence electrons. The topological polar surface area (TPSA) is 102 Å². The van der Waals surface area contributed by atoms with Gasteiger partial charge in [0.05, 0.1) is 11.4 Å². The van der Waals surface area contributed by atoms with E-state index < -0.39 is 5.78 Å². The van der Waals surface area contributed by atoms with E-state index in [1.165, 1.54) is 11.0 Å². The molecule has 0 saturated carbocycles. The minimum absolute atomic E-state index is 0.0172. The van der Waals surface area contributed by atoms with Crippen LogP contribution in [0.1, 0.15) is 5.82 Å². The predicted octanol–water partition coefficient (Wildman–Crippen LogP) is 1.04. The third kappa shape index (κ3) is 2.36. The van der Waals surface area contributed by atoms with Crippen molar-refractivity contribution in [3.8, 4) is 12.1 Å². The molecule has 0 atom stereocenters. The Labute approximate surface area is 138 Å². The van der Waals surface area contributed by atoms with Crippen molar-refractivity contribution in [2.75, 3.05) is 23.9 Å². The first kappa shape index (κ1) is 15.3. The van der Waals surface area contributed by atoms with Gasteiger partial charge in [-0.15, -0.1) is 5.10 Å². The largest absolute Gasteiger partial charge is 0.328 e. The Bertz CT molecular complexity index is 897. The normalized spacial score (nSPS) is 12.6. The third-order valence-corrected chi connectivity index (χ3v) is 3.80. The van der Waals surface area contributed by atoms with Crippen molar-refractivity contribution in [1.82, 2.24) is 14.8 Å². The lowest BCUT2D eigenvalue weighted by atomic mass is 10.1. The first-order chi connectivity index (χ1) is 11.6. The molecule has 0 spiro atoms. The number of hydrogen-bond acceptors (Lipinski definition) is 7. The van der Waals surface area contributed by atoms with Gasteiger partial charge in [-0.05, 0) is 12.1 Å². The number of anilines is 2. The van der Waals surface area contributed by atoms with Crippen molar-refractivity contribution in [2.45, 2.75) is 6.54 Å². The number of hydrogen-bond donors (Lipinski definition) is 0. The number of carbonyl (C=O) groups excluding carboxylic acids is 1. The van der Waals surface area contributed by atoms with E-state index >= 15 is 0 Å². The van der Waals surface area contributed by atoms with Crippen LogP contribution in [0.25, 0.3) is 0 Å². The van der Waals surface area contributed by atoms with E-state index in [4.69, 9.17) is 5.26 Å². The van der Waals surface area contributed by atoms with Gasteiger partial charge < -0.3 is 9.80 Å². The highest BCUT2D eigenvalue weighted by molar-refractivity contribution is 6.02. The average molecular weight is 319 g/mol. The molecule has 3 rings (SSSR count). The summed E-state index contributed by atoms with van der Waals surface area (Å²) in [5, 5.41) is 22.1. The SMILES string of the molecule is CN1C(=C(C#N)C(=O)Cn2cnc(C#N)n2)N(C)c2ccccc21. The van der Waals surface area contributed by atoms with Crippen molar-refractivity contribution in [2.24, 2.45) is 0 Å². The van der Waals surface area contributed by atoms with Crippen LogP contribution in [0, 0.1) is 22.7 Å². The number of ketones is 1. The van der Waals surface area contributed by atoms with Gasteiger partial charge >= 0.3 is 0 Å². The van der Waals surface area contributed by atoms with E-state index in [0.29, 0.717) is 5.82 Å². The molecule has 1 aliphatic heterocycles. The Morgan fingerprint density at radius 1 is 1.17 bits per heavy atom. The van der Waals surface area contributed by atoms with Crippen molar-refractivity contribution < 1.29 is 4.79 Å². The fraction of sp³-hybridized carbons (Fsp3) is 0.188. The zero-order valence-electron chi connectivity index (χ0n) is 13.1. The number of fused-ring (bicyclic) bond motifs is 1. The highest BCUT2D eigenvalue weighted by Gasteiger charge is 2.31. The molecular weight excluding hydrogens is 306 g/mol. The summed E-state index contributed by atoms with van der Waals surface area (Å²) in [6.07, 6.45) is 1.30. The van der Waals surface area contributed by atoms with Gasteiger partial charge in [-0.3, -0.25) is 4.79 Å². The van der Waals surface area contributed by atoms with Crippen LogP contribution in [0.15, 0.2) is 42.0 Å². The molecule has 0 unspecified atom stereocenters. The highest BCUT2D eigenvalue weighted by Crippen LogP contribution is 2.40. The summed E-state index contributed by atoms with van der Waals surface area (Å²) in [5.74, 6) is 0.106. The first-order valence-corrected chi connectivity index (χ1v) is 7.10. The van der Waals surface area contributed by atoms with E-state index in [9.17, 15) is 10.1 Å². The van der Waals surface area contributed by atoms with Gasteiger partial charge in [0.15, 0.2) is 5.78 Å². The number of para-hydroxylation sites is 2. The number of benzene rings is 1. The van der Waals surface area contributed by atoms with Crippen LogP contribution in [0.5, 0.6) is 0 Å². The Kier molecular flexibility index (Phi) is 3.72. The molecule has 1 aliphatic rings. The lowest BCUT2D eigenvalue weighted by Gasteiger charge is -2.19. The molecule has 0 radical (unpaired) electrons. The summed E-state index contributed by atoms with van der Waals surface area (Å²) in [6, 6.07) is 11.5. The van der Waals surface area contributed by atoms with Crippen LogP contribution in [0.2, 0.25) is 0 Å². The second-order valence-electron chi connectivity index (χ2n) is 5.22. The smallest absolute Gasteiger partial charge is 0.252 e. The Hall–Kier alpha value is -3.65. The molecule has 0 aliphatic carbocycles.